The summed E-state index contributed by atoms with van der Waals surface area (Å²) in [4.78, 5) is 0. The molecule has 0 saturated carbocycles. The number of hydrogen-bond acceptors (Lipinski definition) is 2. The van der Waals surface area contributed by atoms with Gasteiger partial charge >= 0.3 is 0 Å². The van der Waals surface area contributed by atoms with Crippen molar-refractivity contribution in [2.24, 2.45) is 0 Å². The van der Waals surface area contributed by atoms with E-state index in [1.165, 1.54) is 0 Å². The quantitative estimate of drug-likeness (QED) is 0.667. The monoisotopic (exact) mass is 332 g/mol. The largest absolute Gasteiger partial charge is 0.385 e. The van der Waals surface area contributed by atoms with E-state index in [0.717, 1.165) is 9.99 Å². The predicted octanol–water partition coefficient (Wildman–Crippen LogP) is 2.88. The van der Waals surface area contributed by atoms with Crippen LogP contribution in [-0.2, 0) is 10.3 Å². The minimum atomic E-state index is -0.714. The third-order valence-corrected chi connectivity index (χ3v) is 4.08. The van der Waals surface area contributed by atoms with Crippen LogP contribution in [0.3, 0.4) is 0 Å². The van der Waals surface area contributed by atoms with Gasteiger partial charge in [-0.25, -0.2) is 0 Å². The van der Waals surface area contributed by atoms with Crippen molar-refractivity contribution < 1.29 is 9.84 Å². The van der Waals surface area contributed by atoms with E-state index >= 15 is 0 Å². The van der Waals surface area contributed by atoms with Crippen molar-refractivity contribution >= 4 is 22.6 Å². The Bertz CT molecular complexity index is 341. The molecule has 88 valence electrons. The molecule has 0 unspecified atom stereocenters. The molecule has 1 fully saturated rings. The Balaban J connectivity index is 2.23. The van der Waals surface area contributed by atoms with Crippen molar-refractivity contribution in [2.75, 3.05) is 4.43 Å². The summed E-state index contributed by atoms with van der Waals surface area (Å²) in [5.41, 5.74) is 0.300. The first-order valence-electron chi connectivity index (χ1n) is 5.63. The summed E-state index contributed by atoms with van der Waals surface area (Å²) >= 11 is 2.32. The van der Waals surface area contributed by atoms with Crippen LogP contribution in [0.15, 0.2) is 30.3 Å². The van der Waals surface area contributed by atoms with Gasteiger partial charge in [0, 0.05) is 17.3 Å². The summed E-state index contributed by atoms with van der Waals surface area (Å²) in [7, 11) is 0. The molecule has 1 N–H and O–H groups in total. The first-order valence-corrected chi connectivity index (χ1v) is 7.16. The van der Waals surface area contributed by atoms with E-state index in [2.05, 4.69) is 22.6 Å². The molecule has 2 rings (SSSR count). The molecule has 0 spiro atoms. The van der Waals surface area contributed by atoms with Crippen LogP contribution >= 0.6 is 22.6 Å². The fourth-order valence-corrected chi connectivity index (χ4v) is 2.95. The standard InChI is InChI=1S/C13H17IO2/c1-10-7-13(15,8-12(9-14)16-10)11-5-3-2-4-6-11/h2-6,10,12,15H,7-9H2,1H3/t10-,12+,13-/m0/s1. The van der Waals surface area contributed by atoms with Gasteiger partial charge in [0.25, 0.3) is 0 Å². The highest BCUT2D eigenvalue weighted by atomic mass is 127. The van der Waals surface area contributed by atoms with Gasteiger partial charge < -0.3 is 9.84 Å². The van der Waals surface area contributed by atoms with Crippen molar-refractivity contribution in [2.45, 2.75) is 37.6 Å². The smallest absolute Gasteiger partial charge is 0.0946 e. The van der Waals surface area contributed by atoms with Gasteiger partial charge in [-0.1, -0.05) is 52.9 Å². The van der Waals surface area contributed by atoms with Crippen LogP contribution in [0.25, 0.3) is 0 Å². The van der Waals surface area contributed by atoms with E-state index in [0.29, 0.717) is 12.8 Å². The van der Waals surface area contributed by atoms with Gasteiger partial charge in [0.15, 0.2) is 0 Å². The second-order valence-corrected chi connectivity index (χ2v) is 5.41. The van der Waals surface area contributed by atoms with Crippen LogP contribution in [0.2, 0.25) is 0 Å². The van der Waals surface area contributed by atoms with Crippen LogP contribution in [0.5, 0.6) is 0 Å². The molecular weight excluding hydrogens is 315 g/mol. The Morgan fingerprint density at radius 1 is 1.38 bits per heavy atom. The molecule has 1 aromatic carbocycles. The van der Waals surface area contributed by atoms with Crippen molar-refractivity contribution in [1.29, 1.82) is 0 Å². The van der Waals surface area contributed by atoms with Crippen LogP contribution < -0.4 is 0 Å². The molecule has 1 aliphatic rings. The number of halogens is 1. The van der Waals surface area contributed by atoms with E-state index in [9.17, 15) is 5.11 Å². The van der Waals surface area contributed by atoms with Gasteiger partial charge in [-0.3, -0.25) is 0 Å². The van der Waals surface area contributed by atoms with Gasteiger partial charge in [0.1, 0.15) is 0 Å². The van der Waals surface area contributed by atoms with Crippen LogP contribution in [0, 0.1) is 0 Å². The van der Waals surface area contributed by atoms with E-state index < -0.39 is 5.60 Å². The predicted molar refractivity (Wildman–Crippen MR) is 72.8 cm³/mol. The molecule has 1 aromatic rings. The van der Waals surface area contributed by atoms with Crippen LogP contribution in [0.1, 0.15) is 25.3 Å². The Morgan fingerprint density at radius 3 is 2.69 bits per heavy atom. The number of aliphatic hydroxyl groups is 1. The number of rotatable bonds is 2. The van der Waals surface area contributed by atoms with Gasteiger partial charge in [0.05, 0.1) is 17.8 Å². The zero-order chi connectivity index (χ0) is 11.6. The Kier molecular flexibility index (Phi) is 3.87. The maximum atomic E-state index is 10.7. The molecule has 1 saturated heterocycles. The first-order chi connectivity index (χ1) is 7.64. The van der Waals surface area contributed by atoms with Gasteiger partial charge in [-0.15, -0.1) is 0 Å². The normalized spacial score (nSPS) is 34.9. The highest BCUT2D eigenvalue weighted by Gasteiger charge is 2.39. The molecule has 0 radical (unpaired) electrons. The summed E-state index contributed by atoms with van der Waals surface area (Å²) < 4.78 is 6.71. The maximum Gasteiger partial charge on any atom is 0.0946 e. The van der Waals surface area contributed by atoms with E-state index in [-0.39, 0.29) is 12.2 Å². The van der Waals surface area contributed by atoms with E-state index in [1.807, 2.05) is 37.3 Å². The number of ether oxygens (including phenoxy) is 1. The molecular formula is C13H17IO2. The van der Waals surface area contributed by atoms with E-state index in [1.54, 1.807) is 0 Å². The topological polar surface area (TPSA) is 29.5 Å². The molecule has 0 aromatic heterocycles. The molecule has 2 nitrogen and oxygen atoms in total. The lowest BCUT2D eigenvalue weighted by Gasteiger charge is -2.40. The van der Waals surface area contributed by atoms with Crippen LogP contribution in [-0.4, -0.2) is 21.7 Å². The SMILES string of the molecule is C[C@H]1C[C@@](O)(c2ccccc2)C[C@H](CI)O1. The molecule has 1 heterocycles. The summed E-state index contributed by atoms with van der Waals surface area (Å²) in [5, 5.41) is 10.7. The van der Waals surface area contributed by atoms with Crippen molar-refractivity contribution in [1.82, 2.24) is 0 Å². The highest BCUT2D eigenvalue weighted by molar-refractivity contribution is 14.1. The third-order valence-electron chi connectivity index (χ3n) is 3.10. The lowest BCUT2D eigenvalue weighted by Crippen LogP contribution is -2.42. The fourth-order valence-electron chi connectivity index (χ4n) is 2.44. The first kappa shape index (κ1) is 12.3. The molecule has 0 amide bonds. The highest BCUT2D eigenvalue weighted by Crippen LogP contribution is 2.37. The lowest BCUT2D eigenvalue weighted by atomic mass is 9.82. The summed E-state index contributed by atoms with van der Waals surface area (Å²) in [6.07, 6.45) is 1.67. The molecule has 3 atom stereocenters. The average Bonchev–Trinajstić information content (AvgIpc) is 2.29. The number of benzene rings is 1. The summed E-state index contributed by atoms with van der Waals surface area (Å²) in [5.74, 6) is 0. The fraction of sp³-hybridized carbons (Fsp3) is 0.538. The average molecular weight is 332 g/mol. The molecule has 3 heteroatoms. The maximum absolute atomic E-state index is 10.7. The van der Waals surface area contributed by atoms with Crippen molar-refractivity contribution in [3.8, 4) is 0 Å². The third kappa shape index (κ3) is 2.57. The zero-order valence-electron chi connectivity index (χ0n) is 9.40. The van der Waals surface area contributed by atoms with Crippen LogP contribution in [0.4, 0.5) is 0 Å². The Morgan fingerprint density at radius 2 is 2.06 bits per heavy atom. The summed E-state index contributed by atoms with van der Waals surface area (Å²) in [6, 6.07) is 9.94. The zero-order valence-corrected chi connectivity index (χ0v) is 11.6. The second-order valence-electron chi connectivity index (χ2n) is 4.53. The van der Waals surface area contributed by atoms with E-state index in [4.69, 9.17) is 4.74 Å². The molecule has 0 aliphatic carbocycles. The molecule has 16 heavy (non-hydrogen) atoms. The minimum absolute atomic E-state index is 0.124. The lowest BCUT2D eigenvalue weighted by molar-refractivity contribution is -0.133. The number of alkyl halides is 1. The van der Waals surface area contributed by atoms with Gasteiger partial charge in [0.2, 0.25) is 0 Å². The summed E-state index contributed by atoms with van der Waals surface area (Å²) in [6.45, 7) is 2.03. The molecule has 0 bridgehead atoms. The minimum Gasteiger partial charge on any atom is -0.385 e. The van der Waals surface area contributed by atoms with Gasteiger partial charge in [-0.2, -0.15) is 0 Å². The Labute approximate surface area is 110 Å². The second kappa shape index (κ2) is 5.02. The number of hydrogen-bond donors (Lipinski definition) is 1. The van der Waals surface area contributed by atoms with Crippen molar-refractivity contribution in [3.05, 3.63) is 35.9 Å². The Hall–Kier alpha value is -0.130. The van der Waals surface area contributed by atoms with Gasteiger partial charge in [-0.05, 0) is 12.5 Å². The van der Waals surface area contributed by atoms with Crippen molar-refractivity contribution in [3.63, 3.8) is 0 Å². The molecule has 1 aliphatic heterocycles.